The number of benzene rings is 2. The van der Waals surface area contributed by atoms with Crippen LogP contribution in [0.25, 0.3) is 10.8 Å². The molecule has 1 N–H and O–H groups in total. The summed E-state index contributed by atoms with van der Waals surface area (Å²) >= 11 is 0. The van der Waals surface area contributed by atoms with E-state index in [1.54, 1.807) is 6.20 Å². The van der Waals surface area contributed by atoms with Gasteiger partial charge in [-0.1, -0.05) is 36.4 Å². The van der Waals surface area contributed by atoms with Crippen LogP contribution in [-0.2, 0) is 4.79 Å². The number of nitrogens with zero attached hydrogens (tertiary/aromatic N) is 1. The number of carbonyl (C=O) groups is 1. The molecule has 0 saturated heterocycles. The second-order valence-electron chi connectivity index (χ2n) is 5.79. The van der Waals surface area contributed by atoms with Gasteiger partial charge >= 0.3 is 0 Å². The predicted octanol–water partition coefficient (Wildman–Crippen LogP) is 3.98. The summed E-state index contributed by atoms with van der Waals surface area (Å²) < 4.78 is 0. The van der Waals surface area contributed by atoms with Gasteiger partial charge < -0.3 is 5.32 Å². The van der Waals surface area contributed by atoms with Gasteiger partial charge in [0.15, 0.2) is 0 Å². The Hall–Kier alpha value is -2.68. The number of nitrogens with one attached hydrogen (secondary N) is 1. The first-order valence-corrected chi connectivity index (χ1v) is 7.51. The van der Waals surface area contributed by atoms with E-state index in [4.69, 9.17) is 0 Å². The molecule has 1 saturated carbocycles. The average Bonchev–Trinajstić information content (AvgIpc) is 3.36. The van der Waals surface area contributed by atoms with Gasteiger partial charge in [-0.3, -0.25) is 9.78 Å². The van der Waals surface area contributed by atoms with Gasteiger partial charge in [0, 0.05) is 29.4 Å². The fourth-order valence-electron chi connectivity index (χ4n) is 2.95. The van der Waals surface area contributed by atoms with Gasteiger partial charge in [-0.2, -0.15) is 0 Å². The lowest BCUT2D eigenvalue weighted by atomic mass is 10.1. The minimum absolute atomic E-state index is 0.0931. The van der Waals surface area contributed by atoms with Crippen molar-refractivity contribution >= 4 is 22.4 Å². The summed E-state index contributed by atoms with van der Waals surface area (Å²) in [6.07, 6.45) is 4.53. The number of fused-ring (bicyclic) bond motifs is 1. The van der Waals surface area contributed by atoms with E-state index < -0.39 is 0 Å². The van der Waals surface area contributed by atoms with E-state index in [0.717, 1.165) is 22.9 Å². The Labute approximate surface area is 129 Å². The molecular formula is C19H16N2O. The van der Waals surface area contributed by atoms with Crippen LogP contribution in [0.4, 0.5) is 5.69 Å². The minimum Gasteiger partial charge on any atom is -0.326 e. The van der Waals surface area contributed by atoms with Crippen molar-refractivity contribution in [2.45, 2.75) is 12.3 Å². The maximum atomic E-state index is 12.4. The van der Waals surface area contributed by atoms with Gasteiger partial charge in [0.1, 0.15) is 0 Å². The van der Waals surface area contributed by atoms with Crippen LogP contribution in [0.3, 0.4) is 0 Å². The highest BCUT2D eigenvalue weighted by Gasteiger charge is 2.43. The Morgan fingerprint density at radius 1 is 1.05 bits per heavy atom. The van der Waals surface area contributed by atoms with Crippen LogP contribution < -0.4 is 5.32 Å². The topological polar surface area (TPSA) is 42.0 Å². The SMILES string of the molecule is O=C(Nc1ccc2cnccc2c1)C1CC1c1ccccc1. The summed E-state index contributed by atoms with van der Waals surface area (Å²) in [5, 5.41) is 5.20. The van der Waals surface area contributed by atoms with Gasteiger partial charge in [0.25, 0.3) is 0 Å². The van der Waals surface area contributed by atoms with E-state index in [-0.39, 0.29) is 11.8 Å². The number of hydrogen-bond donors (Lipinski definition) is 1. The maximum absolute atomic E-state index is 12.4. The first-order valence-electron chi connectivity index (χ1n) is 7.51. The van der Waals surface area contributed by atoms with Crippen LogP contribution in [0, 0.1) is 5.92 Å². The third-order valence-electron chi connectivity index (χ3n) is 4.26. The summed E-state index contributed by atoms with van der Waals surface area (Å²) in [6, 6.07) is 18.1. The molecule has 1 aliphatic rings. The Morgan fingerprint density at radius 3 is 2.77 bits per heavy atom. The maximum Gasteiger partial charge on any atom is 0.228 e. The van der Waals surface area contributed by atoms with E-state index in [0.29, 0.717) is 5.92 Å². The molecule has 2 atom stereocenters. The lowest BCUT2D eigenvalue weighted by molar-refractivity contribution is -0.117. The van der Waals surface area contributed by atoms with E-state index in [1.165, 1.54) is 5.56 Å². The second kappa shape index (κ2) is 5.26. The highest BCUT2D eigenvalue weighted by Crippen LogP contribution is 2.47. The molecule has 3 aromatic rings. The summed E-state index contributed by atoms with van der Waals surface area (Å²) in [5.41, 5.74) is 2.11. The highest BCUT2D eigenvalue weighted by molar-refractivity contribution is 5.97. The number of pyridine rings is 1. The number of rotatable bonds is 3. The van der Waals surface area contributed by atoms with E-state index >= 15 is 0 Å². The molecule has 1 fully saturated rings. The van der Waals surface area contributed by atoms with Gasteiger partial charge in [-0.15, -0.1) is 0 Å². The zero-order valence-electron chi connectivity index (χ0n) is 12.1. The van der Waals surface area contributed by atoms with Crippen molar-refractivity contribution < 1.29 is 4.79 Å². The largest absolute Gasteiger partial charge is 0.326 e. The van der Waals surface area contributed by atoms with Crippen molar-refractivity contribution in [2.24, 2.45) is 5.92 Å². The molecule has 2 aromatic carbocycles. The molecule has 108 valence electrons. The van der Waals surface area contributed by atoms with Gasteiger partial charge in [0.2, 0.25) is 5.91 Å². The second-order valence-corrected chi connectivity index (χ2v) is 5.79. The Bertz CT molecular complexity index is 829. The minimum atomic E-state index is 0.0931. The molecule has 3 heteroatoms. The number of aromatic nitrogens is 1. The third kappa shape index (κ3) is 2.46. The van der Waals surface area contributed by atoms with E-state index in [9.17, 15) is 4.79 Å². The molecule has 22 heavy (non-hydrogen) atoms. The van der Waals surface area contributed by atoms with Crippen LogP contribution in [0.2, 0.25) is 0 Å². The van der Waals surface area contributed by atoms with Crippen LogP contribution in [0.5, 0.6) is 0 Å². The standard InChI is InChI=1S/C19H16N2O/c22-19(18-11-17(18)13-4-2-1-3-5-13)21-16-7-6-15-12-20-9-8-14(15)10-16/h1-10,12,17-18H,11H2,(H,21,22). The highest BCUT2D eigenvalue weighted by atomic mass is 16.2. The Balaban J connectivity index is 1.48. The molecule has 0 bridgehead atoms. The van der Waals surface area contributed by atoms with Crippen LogP contribution in [0.15, 0.2) is 67.0 Å². The first-order chi connectivity index (χ1) is 10.8. The van der Waals surface area contributed by atoms with Crippen LogP contribution in [-0.4, -0.2) is 10.9 Å². The normalized spacial score (nSPS) is 19.8. The molecular weight excluding hydrogens is 272 g/mol. The van der Waals surface area contributed by atoms with Crippen molar-refractivity contribution in [1.82, 2.24) is 4.98 Å². The monoisotopic (exact) mass is 288 g/mol. The van der Waals surface area contributed by atoms with Crippen LogP contribution >= 0.6 is 0 Å². The molecule has 1 aromatic heterocycles. The van der Waals surface area contributed by atoms with E-state index in [1.807, 2.05) is 48.7 Å². The number of anilines is 1. The molecule has 0 aliphatic heterocycles. The molecule has 1 amide bonds. The molecule has 2 unspecified atom stereocenters. The molecule has 0 radical (unpaired) electrons. The smallest absolute Gasteiger partial charge is 0.228 e. The molecule has 3 nitrogen and oxygen atoms in total. The van der Waals surface area contributed by atoms with Gasteiger partial charge in [-0.05, 0) is 41.5 Å². The summed E-state index contributed by atoms with van der Waals surface area (Å²) in [5.74, 6) is 0.573. The summed E-state index contributed by atoms with van der Waals surface area (Å²) in [6.45, 7) is 0. The fraction of sp³-hybridized carbons (Fsp3) is 0.158. The average molecular weight is 288 g/mol. The Morgan fingerprint density at radius 2 is 1.91 bits per heavy atom. The molecule has 1 heterocycles. The summed E-state index contributed by atoms with van der Waals surface area (Å²) in [4.78, 5) is 16.5. The number of carbonyl (C=O) groups excluding carboxylic acids is 1. The zero-order chi connectivity index (χ0) is 14.9. The van der Waals surface area contributed by atoms with Gasteiger partial charge in [0.05, 0.1) is 0 Å². The fourth-order valence-corrected chi connectivity index (χ4v) is 2.95. The molecule has 1 aliphatic carbocycles. The van der Waals surface area contributed by atoms with Crippen molar-refractivity contribution in [3.05, 3.63) is 72.6 Å². The first kappa shape index (κ1) is 13.0. The lowest BCUT2D eigenvalue weighted by Gasteiger charge is -2.06. The zero-order valence-corrected chi connectivity index (χ0v) is 12.1. The molecule has 4 rings (SSSR count). The van der Waals surface area contributed by atoms with Crippen molar-refractivity contribution in [3.63, 3.8) is 0 Å². The summed E-state index contributed by atoms with van der Waals surface area (Å²) in [7, 11) is 0. The van der Waals surface area contributed by atoms with Gasteiger partial charge in [-0.25, -0.2) is 0 Å². The molecule has 0 spiro atoms. The predicted molar refractivity (Wildman–Crippen MR) is 87.7 cm³/mol. The third-order valence-corrected chi connectivity index (χ3v) is 4.26. The van der Waals surface area contributed by atoms with Crippen molar-refractivity contribution in [3.8, 4) is 0 Å². The quantitative estimate of drug-likeness (QED) is 0.792. The van der Waals surface area contributed by atoms with Crippen molar-refractivity contribution in [2.75, 3.05) is 5.32 Å². The van der Waals surface area contributed by atoms with Crippen molar-refractivity contribution in [1.29, 1.82) is 0 Å². The van der Waals surface area contributed by atoms with E-state index in [2.05, 4.69) is 22.4 Å². The lowest BCUT2D eigenvalue weighted by Crippen LogP contribution is -2.14. The van der Waals surface area contributed by atoms with Crippen LogP contribution in [0.1, 0.15) is 17.9 Å². The number of amides is 1. The Kier molecular flexibility index (Phi) is 3.11. The number of hydrogen-bond acceptors (Lipinski definition) is 2.